The van der Waals surface area contributed by atoms with Crippen molar-refractivity contribution in [3.63, 3.8) is 0 Å². The summed E-state index contributed by atoms with van der Waals surface area (Å²) >= 11 is 0. The van der Waals surface area contributed by atoms with E-state index >= 15 is 0 Å². The van der Waals surface area contributed by atoms with Crippen molar-refractivity contribution in [3.8, 4) is 0 Å². The summed E-state index contributed by atoms with van der Waals surface area (Å²) in [6, 6.07) is 16.2. The van der Waals surface area contributed by atoms with Crippen LogP contribution in [0.15, 0.2) is 60.8 Å². The predicted molar refractivity (Wildman–Crippen MR) is 110 cm³/mol. The average molecular weight is 378 g/mol. The number of rotatable bonds is 7. The normalized spacial score (nSPS) is 10.7. The molecule has 3 aromatic rings. The fourth-order valence-electron chi connectivity index (χ4n) is 2.82. The van der Waals surface area contributed by atoms with Crippen LogP contribution in [0, 0.1) is 5.82 Å². The zero-order valence-corrected chi connectivity index (χ0v) is 15.9. The van der Waals surface area contributed by atoms with E-state index < -0.39 is 5.91 Å². The highest BCUT2D eigenvalue weighted by Crippen LogP contribution is 2.24. The molecular weight excluding hydrogens is 355 g/mol. The summed E-state index contributed by atoms with van der Waals surface area (Å²) in [5.41, 5.74) is 8.79. The van der Waals surface area contributed by atoms with Crippen LogP contribution >= 0.6 is 0 Å². The summed E-state index contributed by atoms with van der Waals surface area (Å²) < 4.78 is 13.9. The Balaban J connectivity index is 1.84. The van der Waals surface area contributed by atoms with E-state index in [2.05, 4.69) is 41.6 Å². The molecule has 6 heteroatoms. The van der Waals surface area contributed by atoms with Gasteiger partial charge in [-0.15, -0.1) is 0 Å². The molecule has 1 heterocycles. The predicted octanol–water partition coefficient (Wildman–Crippen LogP) is 4.80. The largest absolute Gasteiger partial charge is 0.380 e. The number of carbonyl (C=O) groups excluding carboxylic acids is 1. The van der Waals surface area contributed by atoms with Crippen molar-refractivity contribution in [2.75, 3.05) is 10.6 Å². The number of amides is 1. The summed E-state index contributed by atoms with van der Waals surface area (Å²) in [6.07, 6.45) is 1.42. The number of benzene rings is 2. The average Bonchev–Trinajstić information content (AvgIpc) is 2.67. The minimum absolute atomic E-state index is 0.221. The van der Waals surface area contributed by atoms with E-state index in [1.807, 2.05) is 12.1 Å². The molecule has 0 aliphatic carbocycles. The number of pyridine rings is 1. The van der Waals surface area contributed by atoms with Crippen molar-refractivity contribution < 1.29 is 9.18 Å². The Hall–Kier alpha value is -3.41. The number of primary amides is 1. The third-order valence-corrected chi connectivity index (χ3v) is 4.42. The SMILES string of the molecule is CC(C)c1cccc(Nc2cc(NCc3ccccc3F)c(C(N)=O)cn2)c1. The first-order valence-electron chi connectivity index (χ1n) is 9.08. The molecule has 1 aromatic heterocycles. The third kappa shape index (κ3) is 4.65. The lowest BCUT2D eigenvalue weighted by Gasteiger charge is -2.14. The van der Waals surface area contributed by atoms with E-state index in [-0.39, 0.29) is 17.9 Å². The number of hydrogen-bond donors (Lipinski definition) is 3. The van der Waals surface area contributed by atoms with Crippen molar-refractivity contribution in [2.24, 2.45) is 5.73 Å². The summed E-state index contributed by atoms with van der Waals surface area (Å²) in [4.78, 5) is 16.0. The Bertz CT molecular complexity index is 988. The van der Waals surface area contributed by atoms with Crippen LogP contribution < -0.4 is 16.4 Å². The van der Waals surface area contributed by atoms with Crippen molar-refractivity contribution in [1.29, 1.82) is 0 Å². The molecule has 1 amide bonds. The van der Waals surface area contributed by atoms with Crippen molar-refractivity contribution in [3.05, 3.63) is 83.3 Å². The van der Waals surface area contributed by atoms with Gasteiger partial charge in [0.15, 0.2) is 0 Å². The van der Waals surface area contributed by atoms with Crippen LogP contribution in [0.25, 0.3) is 0 Å². The van der Waals surface area contributed by atoms with E-state index in [4.69, 9.17) is 5.73 Å². The van der Waals surface area contributed by atoms with Crippen LogP contribution in [-0.4, -0.2) is 10.9 Å². The summed E-state index contributed by atoms with van der Waals surface area (Å²) in [7, 11) is 0. The molecule has 0 spiro atoms. The quantitative estimate of drug-likeness (QED) is 0.552. The smallest absolute Gasteiger partial charge is 0.252 e. The number of nitrogens with one attached hydrogen (secondary N) is 2. The Morgan fingerprint density at radius 2 is 1.93 bits per heavy atom. The lowest BCUT2D eigenvalue weighted by atomic mass is 10.0. The number of aromatic nitrogens is 1. The fraction of sp³-hybridized carbons (Fsp3) is 0.182. The van der Waals surface area contributed by atoms with E-state index in [0.29, 0.717) is 23.0 Å². The molecule has 3 rings (SSSR count). The molecule has 0 radical (unpaired) electrons. The van der Waals surface area contributed by atoms with Crippen LogP contribution in [0.2, 0.25) is 0 Å². The first-order chi connectivity index (χ1) is 13.4. The second-order valence-electron chi connectivity index (χ2n) is 6.83. The molecule has 2 aromatic carbocycles. The van der Waals surface area contributed by atoms with Gasteiger partial charge >= 0.3 is 0 Å². The van der Waals surface area contributed by atoms with Gasteiger partial charge in [0.25, 0.3) is 5.91 Å². The number of carbonyl (C=O) groups is 1. The molecule has 0 fully saturated rings. The standard InChI is InChI=1S/C22H23FN4O/c1-14(2)15-7-5-8-17(10-15)27-21-11-20(18(13-26-21)22(24)28)25-12-16-6-3-4-9-19(16)23/h3-11,13-14H,12H2,1-2H3,(H2,24,28)(H2,25,26,27). The highest BCUT2D eigenvalue weighted by atomic mass is 19.1. The van der Waals surface area contributed by atoms with Crippen molar-refractivity contribution in [1.82, 2.24) is 4.98 Å². The lowest BCUT2D eigenvalue weighted by molar-refractivity contribution is 0.100. The van der Waals surface area contributed by atoms with Gasteiger partial charge in [-0.2, -0.15) is 0 Å². The third-order valence-electron chi connectivity index (χ3n) is 4.42. The maximum atomic E-state index is 13.9. The Morgan fingerprint density at radius 1 is 1.14 bits per heavy atom. The molecule has 0 unspecified atom stereocenters. The van der Waals surface area contributed by atoms with Gasteiger partial charge in [0, 0.05) is 30.1 Å². The number of anilines is 3. The Labute approximate surface area is 163 Å². The molecule has 0 atom stereocenters. The topological polar surface area (TPSA) is 80.0 Å². The van der Waals surface area contributed by atoms with E-state index in [1.165, 1.54) is 17.8 Å². The van der Waals surface area contributed by atoms with Crippen molar-refractivity contribution in [2.45, 2.75) is 26.3 Å². The Kier molecular flexibility index (Phi) is 5.89. The molecular formula is C22H23FN4O. The van der Waals surface area contributed by atoms with Gasteiger partial charge in [-0.1, -0.05) is 44.2 Å². The van der Waals surface area contributed by atoms with Gasteiger partial charge in [0.1, 0.15) is 11.6 Å². The van der Waals surface area contributed by atoms with Crippen LogP contribution in [0.5, 0.6) is 0 Å². The minimum Gasteiger partial charge on any atom is -0.380 e. The second-order valence-corrected chi connectivity index (χ2v) is 6.83. The Morgan fingerprint density at radius 3 is 2.64 bits per heavy atom. The first-order valence-corrected chi connectivity index (χ1v) is 9.08. The van der Waals surface area contributed by atoms with Gasteiger partial charge in [0.05, 0.1) is 11.3 Å². The van der Waals surface area contributed by atoms with Crippen LogP contribution in [0.1, 0.15) is 41.3 Å². The van der Waals surface area contributed by atoms with Gasteiger partial charge < -0.3 is 16.4 Å². The highest BCUT2D eigenvalue weighted by molar-refractivity contribution is 5.98. The minimum atomic E-state index is -0.600. The summed E-state index contributed by atoms with van der Waals surface area (Å²) in [5.74, 6) is 0.0531. The van der Waals surface area contributed by atoms with Crippen LogP contribution in [-0.2, 0) is 6.54 Å². The molecule has 4 N–H and O–H groups in total. The van der Waals surface area contributed by atoms with Gasteiger partial charge in [-0.3, -0.25) is 4.79 Å². The number of nitrogens with two attached hydrogens (primary N) is 1. The highest BCUT2D eigenvalue weighted by Gasteiger charge is 2.12. The number of nitrogens with zero attached hydrogens (tertiary/aromatic N) is 1. The van der Waals surface area contributed by atoms with Gasteiger partial charge in [-0.05, 0) is 29.7 Å². The van der Waals surface area contributed by atoms with Crippen molar-refractivity contribution >= 4 is 23.1 Å². The lowest BCUT2D eigenvalue weighted by Crippen LogP contribution is -2.15. The second kappa shape index (κ2) is 8.52. The van der Waals surface area contributed by atoms with E-state index in [0.717, 1.165) is 5.69 Å². The molecule has 0 saturated carbocycles. The zero-order valence-electron chi connectivity index (χ0n) is 15.9. The number of halogens is 1. The van der Waals surface area contributed by atoms with E-state index in [1.54, 1.807) is 24.3 Å². The number of hydrogen-bond acceptors (Lipinski definition) is 4. The van der Waals surface area contributed by atoms with E-state index in [9.17, 15) is 9.18 Å². The van der Waals surface area contributed by atoms with Crippen LogP contribution in [0.3, 0.4) is 0 Å². The monoisotopic (exact) mass is 378 g/mol. The summed E-state index contributed by atoms with van der Waals surface area (Å²) in [5, 5.41) is 6.32. The summed E-state index contributed by atoms with van der Waals surface area (Å²) in [6.45, 7) is 4.48. The first kappa shape index (κ1) is 19.4. The molecule has 144 valence electrons. The molecule has 0 saturated heterocycles. The molecule has 5 nitrogen and oxygen atoms in total. The zero-order chi connectivity index (χ0) is 20.1. The molecule has 28 heavy (non-hydrogen) atoms. The molecule has 0 aliphatic heterocycles. The molecule has 0 aliphatic rings. The maximum absolute atomic E-state index is 13.9. The molecule has 0 bridgehead atoms. The van der Waals surface area contributed by atoms with Gasteiger partial charge in [-0.25, -0.2) is 9.37 Å². The van der Waals surface area contributed by atoms with Gasteiger partial charge in [0.2, 0.25) is 0 Å². The maximum Gasteiger partial charge on any atom is 0.252 e. The fourth-order valence-corrected chi connectivity index (χ4v) is 2.82. The van der Waals surface area contributed by atoms with Crippen LogP contribution in [0.4, 0.5) is 21.6 Å².